The molecule has 0 fully saturated rings. The van der Waals surface area contributed by atoms with Crippen LogP contribution in [0.5, 0.6) is 0 Å². The number of nitro groups is 1. The Morgan fingerprint density at radius 1 is 1.50 bits per heavy atom. The van der Waals surface area contributed by atoms with Crippen molar-refractivity contribution in [1.29, 1.82) is 0 Å². The summed E-state index contributed by atoms with van der Waals surface area (Å²) in [5, 5.41) is 11.0. The van der Waals surface area contributed by atoms with Gasteiger partial charge in [0.1, 0.15) is 0 Å². The number of nitrogens with zero attached hydrogens (tertiary/aromatic N) is 1. The second kappa shape index (κ2) is 5.58. The lowest BCUT2D eigenvalue weighted by Crippen LogP contribution is -2.05. The first-order chi connectivity index (χ1) is 7.61. The molecule has 1 aromatic rings. The van der Waals surface area contributed by atoms with Crippen LogP contribution in [0.25, 0.3) is 0 Å². The van der Waals surface area contributed by atoms with E-state index in [0.29, 0.717) is 23.5 Å². The molecule has 1 aromatic carbocycles. The van der Waals surface area contributed by atoms with E-state index in [1.54, 1.807) is 25.1 Å². The number of nitro benzene ring substituents is 1. The Kier molecular flexibility index (Phi) is 4.40. The monoisotopic (exact) mass is 224 g/mol. The third-order valence-corrected chi connectivity index (χ3v) is 2.48. The Bertz CT molecular complexity index is 379. The van der Waals surface area contributed by atoms with Gasteiger partial charge in [-0.25, -0.2) is 0 Å². The van der Waals surface area contributed by atoms with Gasteiger partial charge in [-0.05, 0) is 6.42 Å². The van der Waals surface area contributed by atoms with Crippen molar-refractivity contribution in [2.45, 2.75) is 26.7 Å². The van der Waals surface area contributed by atoms with Crippen LogP contribution >= 0.6 is 0 Å². The number of aryl methyl sites for hydroxylation is 1. The van der Waals surface area contributed by atoms with Crippen LogP contribution in [-0.4, -0.2) is 11.6 Å². The maximum Gasteiger partial charge on any atom is 0.276 e. The average molecular weight is 224 g/mol. The standard InChI is InChI=1S/C12H15FNO2/c1-3-5-10-6-4-7-11(9(2)8-13)12(10)14(15)16/h4,6-7H,3,5,8H2,1-2H3. The summed E-state index contributed by atoms with van der Waals surface area (Å²) < 4.78 is 12.6. The molecule has 0 atom stereocenters. The summed E-state index contributed by atoms with van der Waals surface area (Å²) in [6.07, 6.45) is 1.47. The average Bonchev–Trinajstić information content (AvgIpc) is 2.27. The van der Waals surface area contributed by atoms with Crippen LogP contribution in [0.1, 0.15) is 31.4 Å². The summed E-state index contributed by atoms with van der Waals surface area (Å²) in [5.74, 6) is 0.407. The van der Waals surface area contributed by atoms with Crippen molar-refractivity contribution in [1.82, 2.24) is 0 Å². The lowest BCUT2D eigenvalue weighted by atomic mass is 9.96. The molecule has 3 nitrogen and oxygen atoms in total. The molecule has 0 aliphatic rings. The van der Waals surface area contributed by atoms with Gasteiger partial charge in [-0.2, -0.15) is 0 Å². The van der Waals surface area contributed by atoms with Crippen molar-refractivity contribution >= 4 is 5.69 Å². The number of rotatable bonds is 5. The summed E-state index contributed by atoms with van der Waals surface area (Å²) >= 11 is 0. The molecular formula is C12H15FNO2. The van der Waals surface area contributed by atoms with Crippen LogP contribution in [0.15, 0.2) is 18.2 Å². The zero-order valence-corrected chi connectivity index (χ0v) is 9.50. The summed E-state index contributed by atoms with van der Waals surface area (Å²) in [7, 11) is 0. The second-order valence-corrected chi connectivity index (χ2v) is 3.73. The molecular weight excluding hydrogens is 209 g/mol. The smallest absolute Gasteiger partial charge is 0.258 e. The largest absolute Gasteiger partial charge is 0.276 e. The van der Waals surface area contributed by atoms with Crippen molar-refractivity contribution < 1.29 is 9.31 Å². The highest BCUT2D eigenvalue weighted by Gasteiger charge is 2.22. The lowest BCUT2D eigenvalue weighted by Gasteiger charge is -2.10. The quantitative estimate of drug-likeness (QED) is 0.567. The number of hydrogen-bond acceptors (Lipinski definition) is 2. The lowest BCUT2D eigenvalue weighted by molar-refractivity contribution is -0.386. The van der Waals surface area contributed by atoms with Gasteiger partial charge in [-0.15, -0.1) is 0 Å². The predicted molar refractivity (Wildman–Crippen MR) is 61.1 cm³/mol. The van der Waals surface area contributed by atoms with E-state index in [1.165, 1.54) is 0 Å². The first kappa shape index (κ1) is 12.6. The fourth-order valence-electron chi connectivity index (χ4n) is 1.69. The van der Waals surface area contributed by atoms with E-state index in [4.69, 9.17) is 0 Å². The highest BCUT2D eigenvalue weighted by Crippen LogP contribution is 2.30. The van der Waals surface area contributed by atoms with Crippen molar-refractivity contribution in [2.24, 2.45) is 0 Å². The van der Waals surface area contributed by atoms with E-state index in [-0.39, 0.29) is 5.69 Å². The molecule has 0 spiro atoms. The van der Waals surface area contributed by atoms with Gasteiger partial charge in [-0.1, -0.05) is 38.5 Å². The molecule has 16 heavy (non-hydrogen) atoms. The molecule has 0 saturated heterocycles. The van der Waals surface area contributed by atoms with Gasteiger partial charge in [0.05, 0.1) is 11.6 Å². The summed E-state index contributed by atoms with van der Waals surface area (Å²) in [4.78, 5) is 10.6. The SMILES string of the molecule is CCCc1cccc([C](C)CF)c1[N+](=O)[O-]. The first-order valence-corrected chi connectivity index (χ1v) is 5.26. The van der Waals surface area contributed by atoms with Gasteiger partial charge >= 0.3 is 0 Å². The second-order valence-electron chi connectivity index (χ2n) is 3.73. The topological polar surface area (TPSA) is 43.1 Å². The highest BCUT2D eigenvalue weighted by atomic mass is 19.1. The zero-order chi connectivity index (χ0) is 12.1. The number of hydrogen-bond donors (Lipinski definition) is 0. The van der Waals surface area contributed by atoms with E-state index in [2.05, 4.69) is 0 Å². The van der Waals surface area contributed by atoms with Gasteiger partial charge in [0, 0.05) is 17.0 Å². The van der Waals surface area contributed by atoms with Crippen LogP contribution in [0, 0.1) is 16.0 Å². The molecule has 0 amide bonds. The molecule has 0 aliphatic carbocycles. The first-order valence-electron chi connectivity index (χ1n) is 5.26. The van der Waals surface area contributed by atoms with E-state index in [9.17, 15) is 14.5 Å². The summed E-state index contributed by atoms with van der Waals surface area (Å²) in [6, 6.07) is 5.08. The van der Waals surface area contributed by atoms with E-state index in [1.807, 2.05) is 6.92 Å². The number of alkyl halides is 1. The normalized spacial score (nSPS) is 10.8. The van der Waals surface area contributed by atoms with Gasteiger partial charge in [-0.3, -0.25) is 14.5 Å². The van der Waals surface area contributed by atoms with Gasteiger partial charge < -0.3 is 0 Å². The van der Waals surface area contributed by atoms with E-state index >= 15 is 0 Å². The minimum absolute atomic E-state index is 0.0551. The highest BCUT2D eigenvalue weighted by molar-refractivity contribution is 5.53. The maximum absolute atomic E-state index is 12.6. The molecule has 0 unspecified atom stereocenters. The minimum atomic E-state index is -0.656. The Labute approximate surface area is 94.4 Å². The van der Waals surface area contributed by atoms with Gasteiger partial charge in [0.2, 0.25) is 0 Å². The number of para-hydroxylation sites is 1. The summed E-state index contributed by atoms with van der Waals surface area (Å²) in [5.41, 5.74) is 1.15. The number of halogens is 1. The Morgan fingerprint density at radius 2 is 2.19 bits per heavy atom. The molecule has 0 heterocycles. The fraction of sp³-hybridized carbons (Fsp3) is 0.417. The van der Waals surface area contributed by atoms with E-state index in [0.717, 1.165) is 6.42 Å². The fourth-order valence-corrected chi connectivity index (χ4v) is 1.69. The molecule has 4 heteroatoms. The van der Waals surface area contributed by atoms with Crippen molar-refractivity contribution in [3.05, 3.63) is 45.4 Å². The zero-order valence-electron chi connectivity index (χ0n) is 9.50. The molecule has 0 aromatic heterocycles. The van der Waals surface area contributed by atoms with Crippen LogP contribution in [-0.2, 0) is 6.42 Å². The summed E-state index contributed by atoms with van der Waals surface area (Å²) in [6.45, 7) is 2.89. The third kappa shape index (κ3) is 2.56. The van der Waals surface area contributed by atoms with Gasteiger partial charge in [0.25, 0.3) is 5.69 Å². The van der Waals surface area contributed by atoms with Gasteiger partial charge in [0.15, 0.2) is 0 Å². The molecule has 1 rings (SSSR count). The Balaban J connectivity index is 3.26. The number of benzene rings is 1. The molecule has 0 aliphatic heterocycles. The van der Waals surface area contributed by atoms with Crippen LogP contribution in [0.3, 0.4) is 0 Å². The predicted octanol–water partition coefficient (Wildman–Crippen LogP) is 3.46. The van der Waals surface area contributed by atoms with Crippen molar-refractivity contribution in [3.63, 3.8) is 0 Å². The maximum atomic E-state index is 12.6. The van der Waals surface area contributed by atoms with Crippen LogP contribution < -0.4 is 0 Å². The van der Waals surface area contributed by atoms with Crippen molar-refractivity contribution in [2.75, 3.05) is 6.67 Å². The Hall–Kier alpha value is -1.45. The minimum Gasteiger partial charge on any atom is -0.258 e. The Morgan fingerprint density at radius 3 is 2.69 bits per heavy atom. The van der Waals surface area contributed by atoms with Crippen LogP contribution in [0.4, 0.5) is 10.1 Å². The van der Waals surface area contributed by atoms with Crippen molar-refractivity contribution in [3.8, 4) is 0 Å². The molecule has 0 N–H and O–H groups in total. The molecule has 87 valence electrons. The molecule has 1 radical (unpaired) electrons. The molecule has 0 bridgehead atoms. The van der Waals surface area contributed by atoms with Crippen LogP contribution in [0.2, 0.25) is 0 Å². The third-order valence-electron chi connectivity index (χ3n) is 2.48. The molecule has 0 saturated carbocycles. The van der Waals surface area contributed by atoms with E-state index < -0.39 is 11.6 Å².